The number of halogens is 1. The Morgan fingerprint density at radius 2 is 2.25 bits per heavy atom. The van der Waals surface area contributed by atoms with Gasteiger partial charge >= 0.3 is 0 Å². The van der Waals surface area contributed by atoms with Crippen LogP contribution in [0.5, 0.6) is 0 Å². The van der Waals surface area contributed by atoms with Gasteiger partial charge in [-0.1, -0.05) is 17.7 Å². The third-order valence-electron chi connectivity index (χ3n) is 2.01. The minimum atomic E-state index is 0.523. The van der Waals surface area contributed by atoms with E-state index in [9.17, 15) is 0 Å². The number of nitrogens with zero attached hydrogens (tertiary/aromatic N) is 2. The number of aryl methyl sites for hydroxylation is 1. The number of aromatic nitrogens is 2. The molecule has 0 aliphatic carbocycles. The van der Waals surface area contributed by atoms with E-state index in [1.54, 1.807) is 4.68 Å². The van der Waals surface area contributed by atoms with Gasteiger partial charge in [0.15, 0.2) is 5.11 Å². The zero-order chi connectivity index (χ0) is 11.5. The topological polar surface area (TPSA) is 29.9 Å². The highest BCUT2D eigenvalue weighted by Gasteiger charge is 2.02. The van der Waals surface area contributed by atoms with Gasteiger partial charge in [0.05, 0.1) is 5.69 Å². The highest BCUT2D eigenvalue weighted by molar-refractivity contribution is 7.80. The molecule has 2 aromatic rings. The Morgan fingerprint density at radius 3 is 2.88 bits per heavy atom. The number of thiocarbonyl (C=S) groups is 1. The molecule has 3 nitrogen and oxygen atoms in total. The van der Waals surface area contributed by atoms with E-state index in [1.807, 2.05) is 43.5 Å². The lowest BCUT2D eigenvalue weighted by atomic mass is 10.3. The van der Waals surface area contributed by atoms with Gasteiger partial charge in [-0.2, -0.15) is 5.10 Å². The zero-order valence-corrected chi connectivity index (χ0v) is 10.2. The molecule has 0 unspecified atom stereocenters. The van der Waals surface area contributed by atoms with E-state index in [0.717, 1.165) is 11.4 Å². The Kier molecular flexibility index (Phi) is 3.22. The van der Waals surface area contributed by atoms with Crippen LogP contribution in [0.25, 0.3) is 0 Å². The minimum Gasteiger partial charge on any atom is -0.331 e. The van der Waals surface area contributed by atoms with Gasteiger partial charge < -0.3 is 5.32 Å². The van der Waals surface area contributed by atoms with Crippen LogP contribution in [-0.4, -0.2) is 14.9 Å². The van der Waals surface area contributed by atoms with E-state index < -0.39 is 0 Å². The maximum Gasteiger partial charge on any atom is 0.198 e. The number of nitrogens with one attached hydrogen (secondary N) is 1. The second kappa shape index (κ2) is 4.63. The van der Waals surface area contributed by atoms with Crippen molar-refractivity contribution in [2.24, 2.45) is 0 Å². The van der Waals surface area contributed by atoms with Crippen molar-refractivity contribution < 1.29 is 0 Å². The lowest BCUT2D eigenvalue weighted by molar-refractivity contribution is 0.923. The summed E-state index contributed by atoms with van der Waals surface area (Å²) < 4.78 is 1.62. The van der Waals surface area contributed by atoms with Crippen molar-refractivity contribution in [2.75, 3.05) is 5.32 Å². The molecule has 0 saturated heterocycles. The van der Waals surface area contributed by atoms with E-state index in [4.69, 9.17) is 23.8 Å². The lowest BCUT2D eigenvalue weighted by Crippen LogP contribution is -2.19. The second-order valence-corrected chi connectivity index (χ2v) is 4.17. The molecule has 1 aromatic carbocycles. The van der Waals surface area contributed by atoms with Crippen LogP contribution in [0, 0.1) is 6.92 Å². The molecule has 0 saturated carbocycles. The summed E-state index contributed by atoms with van der Waals surface area (Å²) in [4.78, 5) is 0. The van der Waals surface area contributed by atoms with E-state index in [-0.39, 0.29) is 0 Å². The van der Waals surface area contributed by atoms with Crippen molar-refractivity contribution in [1.29, 1.82) is 0 Å². The standard InChI is InChI=1S/C11H10ClN3S/c1-8-5-6-15(14-8)11(16)13-10-4-2-3-9(12)7-10/h2-7H,1H3,(H,13,16). The van der Waals surface area contributed by atoms with Crippen molar-refractivity contribution in [2.45, 2.75) is 6.92 Å². The summed E-state index contributed by atoms with van der Waals surface area (Å²) in [7, 11) is 0. The molecule has 82 valence electrons. The van der Waals surface area contributed by atoms with E-state index >= 15 is 0 Å². The highest BCUT2D eigenvalue weighted by atomic mass is 35.5. The Morgan fingerprint density at radius 1 is 1.44 bits per heavy atom. The molecule has 0 aliphatic heterocycles. The Balaban J connectivity index is 2.13. The first-order valence-electron chi connectivity index (χ1n) is 4.74. The fraction of sp³-hybridized carbons (Fsp3) is 0.0909. The van der Waals surface area contributed by atoms with Crippen molar-refractivity contribution in [3.8, 4) is 0 Å². The molecule has 0 bridgehead atoms. The third kappa shape index (κ3) is 2.59. The molecule has 0 spiro atoms. The summed E-state index contributed by atoms with van der Waals surface area (Å²) in [6.07, 6.45) is 1.81. The largest absolute Gasteiger partial charge is 0.331 e. The van der Waals surface area contributed by atoms with Crippen molar-refractivity contribution >= 4 is 34.6 Å². The third-order valence-corrected chi connectivity index (χ3v) is 2.53. The van der Waals surface area contributed by atoms with Crippen LogP contribution in [0.3, 0.4) is 0 Å². The Hall–Kier alpha value is -1.39. The maximum absolute atomic E-state index is 5.87. The van der Waals surface area contributed by atoms with Gasteiger partial charge in [-0.15, -0.1) is 0 Å². The molecular formula is C11H10ClN3S. The molecule has 1 aromatic heterocycles. The van der Waals surface area contributed by atoms with Crippen molar-refractivity contribution in [3.63, 3.8) is 0 Å². The second-order valence-electron chi connectivity index (χ2n) is 3.34. The van der Waals surface area contributed by atoms with E-state index in [2.05, 4.69) is 10.4 Å². The monoisotopic (exact) mass is 251 g/mol. The van der Waals surface area contributed by atoms with Crippen molar-refractivity contribution in [3.05, 3.63) is 47.2 Å². The molecular weight excluding hydrogens is 242 g/mol. The van der Waals surface area contributed by atoms with Gasteiger partial charge in [-0.05, 0) is 43.4 Å². The lowest BCUT2D eigenvalue weighted by Gasteiger charge is -2.07. The number of anilines is 1. The SMILES string of the molecule is Cc1ccn(C(=S)Nc2cccc(Cl)c2)n1. The molecule has 0 amide bonds. The van der Waals surface area contributed by atoms with Crippen LogP contribution >= 0.6 is 23.8 Å². The number of hydrogen-bond donors (Lipinski definition) is 1. The molecule has 0 aliphatic rings. The predicted octanol–water partition coefficient (Wildman–Crippen LogP) is 3.09. The van der Waals surface area contributed by atoms with Crippen LogP contribution in [0.15, 0.2) is 36.5 Å². The first kappa shape index (κ1) is 11.1. The normalized spacial score (nSPS) is 10.1. The average molecular weight is 252 g/mol. The summed E-state index contributed by atoms with van der Waals surface area (Å²) in [6.45, 7) is 1.92. The van der Waals surface area contributed by atoms with Gasteiger partial charge in [0.1, 0.15) is 0 Å². The Bertz CT molecular complexity index is 521. The first-order valence-corrected chi connectivity index (χ1v) is 5.53. The van der Waals surface area contributed by atoms with Gasteiger partial charge in [-0.25, -0.2) is 4.68 Å². The fourth-order valence-corrected chi connectivity index (χ4v) is 1.68. The number of rotatable bonds is 1. The molecule has 0 radical (unpaired) electrons. The molecule has 2 rings (SSSR count). The van der Waals surface area contributed by atoms with Crippen LogP contribution < -0.4 is 5.32 Å². The van der Waals surface area contributed by atoms with Gasteiger partial charge in [-0.3, -0.25) is 0 Å². The predicted molar refractivity (Wildman–Crippen MR) is 70.0 cm³/mol. The molecule has 0 atom stereocenters. The smallest absolute Gasteiger partial charge is 0.198 e. The quantitative estimate of drug-likeness (QED) is 0.790. The fourth-order valence-electron chi connectivity index (χ4n) is 1.28. The first-order chi connectivity index (χ1) is 7.65. The molecule has 5 heteroatoms. The summed E-state index contributed by atoms with van der Waals surface area (Å²) >= 11 is 11.1. The summed E-state index contributed by atoms with van der Waals surface area (Å²) in [5.74, 6) is 0. The molecule has 1 N–H and O–H groups in total. The van der Waals surface area contributed by atoms with Gasteiger partial charge in [0.2, 0.25) is 0 Å². The highest BCUT2D eigenvalue weighted by Crippen LogP contribution is 2.15. The summed E-state index contributed by atoms with van der Waals surface area (Å²) in [6, 6.07) is 9.28. The average Bonchev–Trinajstić information content (AvgIpc) is 2.65. The van der Waals surface area contributed by atoms with Gasteiger partial charge in [0, 0.05) is 16.9 Å². The summed E-state index contributed by atoms with van der Waals surface area (Å²) in [5.41, 5.74) is 1.78. The number of benzene rings is 1. The van der Waals surface area contributed by atoms with E-state index in [1.165, 1.54) is 0 Å². The zero-order valence-electron chi connectivity index (χ0n) is 8.64. The Labute approximate surface area is 104 Å². The van der Waals surface area contributed by atoms with E-state index in [0.29, 0.717) is 10.1 Å². The van der Waals surface area contributed by atoms with Crippen molar-refractivity contribution in [1.82, 2.24) is 9.78 Å². The summed E-state index contributed by atoms with van der Waals surface area (Å²) in [5, 5.41) is 8.46. The minimum absolute atomic E-state index is 0.523. The van der Waals surface area contributed by atoms with Gasteiger partial charge in [0.25, 0.3) is 0 Å². The van der Waals surface area contributed by atoms with Crippen LogP contribution in [0.1, 0.15) is 5.69 Å². The molecule has 0 fully saturated rings. The number of hydrogen-bond acceptors (Lipinski definition) is 2. The van der Waals surface area contributed by atoms with Crippen LogP contribution in [0.4, 0.5) is 5.69 Å². The molecule has 16 heavy (non-hydrogen) atoms. The maximum atomic E-state index is 5.87. The van der Waals surface area contributed by atoms with Crippen LogP contribution in [0.2, 0.25) is 5.02 Å². The van der Waals surface area contributed by atoms with Crippen LogP contribution in [-0.2, 0) is 0 Å². The molecule has 1 heterocycles.